The molecule has 0 aliphatic heterocycles. The molecule has 0 saturated carbocycles. The first-order valence-electron chi connectivity index (χ1n) is 6.04. The fourth-order valence-electron chi connectivity index (χ4n) is 1.87. The van der Waals surface area contributed by atoms with Crippen LogP contribution in [0, 0.1) is 5.92 Å². The summed E-state index contributed by atoms with van der Waals surface area (Å²) in [5.41, 5.74) is 1.41. The summed E-state index contributed by atoms with van der Waals surface area (Å²) >= 11 is 0. The Morgan fingerprint density at radius 1 is 1.33 bits per heavy atom. The number of aromatic nitrogens is 1. The Hall–Kier alpha value is -0.760. The summed E-state index contributed by atoms with van der Waals surface area (Å²) < 4.78 is 2.31. The molecule has 15 heavy (non-hydrogen) atoms. The van der Waals surface area contributed by atoms with Gasteiger partial charge in [-0.05, 0) is 31.0 Å². The molecule has 0 fully saturated rings. The summed E-state index contributed by atoms with van der Waals surface area (Å²) in [6.07, 6.45) is 6.86. The fraction of sp³-hybridized carbons (Fsp3) is 0.692. The molecule has 2 unspecified atom stereocenters. The highest BCUT2D eigenvalue weighted by Crippen LogP contribution is 2.17. The highest BCUT2D eigenvalue weighted by Gasteiger charge is 2.08. The SMILES string of the molecule is CCC(C)Cn1ccc(C(CC)NC)c1. The molecule has 2 atom stereocenters. The van der Waals surface area contributed by atoms with E-state index in [1.165, 1.54) is 12.0 Å². The Morgan fingerprint density at radius 3 is 2.60 bits per heavy atom. The molecule has 2 nitrogen and oxygen atoms in total. The number of hydrogen-bond acceptors (Lipinski definition) is 1. The van der Waals surface area contributed by atoms with Gasteiger partial charge in [0.2, 0.25) is 0 Å². The zero-order chi connectivity index (χ0) is 11.3. The number of hydrogen-bond donors (Lipinski definition) is 1. The predicted octanol–water partition coefficient (Wildman–Crippen LogP) is 3.20. The van der Waals surface area contributed by atoms with Gasteiger partial charge in [0.1, 0.15) is 0 Å². The zero-order valence-electron chi connectivity index (χ0n) is 10.5. The maximum atomic E-state index is 3.34. The van der Waals surface area contributed by atoms with Crippen molar-refractivity contribution in [3.05, 3.63) is 24.0 Å². The summed E-state index contributed by atoms with van der Waals surface area (Å²) in [6, 6.07) is 2.73. The molecule has 1 aromatic heterocycles. The molecule has 0 spiro atoms. The van der Waals surface area contributed by atoms with Crippen LogP contribution in [0.15, 0.2) is 18.5 Å². The first-order chi connectivity index (χ1) is 7.21. The fourth-order valence-corrected chi connectivity index (χ4v) is 1.87. The minimum Gasteiger partial charge on any atom is -0.354 e. The van der Waals surface area contributed by atoms with Gasteiger partial charge in [-0.25, -0.2) is 0 Å². The normalized spacial score (nSPS) is 15.2. The standard InChI is InChI=1S/C13H24N2/c1-5-11(3)9-15-8-7-12(10-15)13(6-2)14-4/h7-8,10-11,13-14H,5-6,9H2,1-4H3. The van der Waals surface area contributed by atoms with Crippen molar-refractivity contribution in [3.8, 4) is 0 Å². The van der Waals surface area contributed by atoms with Crippen LogP contribution in [0.1, 0.15) is 45.2 Å². The van der Waals surface area contributed by atoms with Crippen LogP contribution >= 0.6 is 0 Å². The molecule has 0 radical (unpaired) electrons. The maximum Gasteiger partial charge on any atom is 0.0329 e. The highest BCUT2D eigenvalue weighted by atomic mass is 15.0. The first kappa shape index (κ1) is 12.3. The highest BCUT2D eigenvalue weighted by molar-refractivity contribution is 5.15. The minimum absolute atomic E-state index is 0.503. The van der Waals surface area contributed by atoms with E-state index in [1.54, 1.807) is 0 Å². The average molecular weight is 208 g/mol. The van der Waals surface area contributed by atoms with Crippen molar-refractivity contribution in [2.24, 2.45) is 5.92 Å². The topological polar surface area (TPSA) is 17.0 Å². The minimum atomic E-state index is 0.503. The molecule has 0 aliphatic rings. The van der Waals surface area contributed by atoms with E-state index in [0.717, 1.165) is 18.9 Å². The second-order valence-electron chi connectivity index (χ2n) is 4.40. The van der Waals surface area contributed by atoms with E-state index in [1.807, 2.05) is 7.05 Å². The Balaban J connectivity index is 2.63. The van der Waals surface area contributed by atoms with Gasteiger partial charge >= 0.3 is 0 Å². The van der Waals surface area contributed by atoms with Gasteiger partial charge in [-0.1, -0.05) is 27.2 Å². The van der Waals surface area contributed by atoms with Crippen LogP contribution in [0.3, 0.4) is 0 Å². The van der Waals surface area contributed by atoms with Gasteiger partial charge in [0.15, 0.2) is 0 Å². The monoisotopic (exact) mass is 208 g/mol. The largest absolute Gasteiger partial charge is 0.354 e. The van der Waals surface area contributed by atoms with Gasteiger partial charge in [0.25, 0.3) is 0 Å². The quantitative estimate of drug-likeness (QED) is 0.759. The van der Waals surface area contributed by atoms with E-state index in [2.05, 4.69) is 49.1 Å². The van der Waals surface area contributed by atoms with Crippen LogP contribution in [-0.4, -0.2) is 11.6 Å². The van der Waals surface area contributed by atoms with Gasteiger partial charge in [-0.2, -0.15) is 0 Å². The molecule has 0 aliphatic carbocycles. The average Bonchev–Trinajstić information content (AvgIpc) is 2.68. The van der Waals surface area contributed by atoms with Crippen molar-refractivity contribution in [1.29, 1.82) is 0 Å². The van der Waals surface area contributed by atoms with E-state index < -0.39 is 0 Å². The number of nitrogens with one attached hydrogen (secondary N) is 1. The molecular weight excluding hydrogens is 184 g/mol. The Labute approximate surface area is 93.7 Å². The van der Waals surface area contributed by atoms with Crippen molar-refractivity contribution in [1.82, 2.24) is 9.88 Å². The second-order valence-corrected chi connectivity index (χ2v) is 4.40. The third-order valence-corrected chi connectivity index (χ3v) is 3.15. The predicted molar refractivity (Wildman–Crippen MR) is 66.0 cm³/mol. The summed E-state index contributed by atoms with van der Waals surface area (Å²) in [5.74, 6) is 0.764. The van der Waals surface area contributed by atoms with Gasteiger partial charge in [0, 0.05) is 25.0 Å². The Kier molecular flexibility index (Phi) is 4.89. The van der Waals surface area contributed by atoms with E-state index in [4.69, 9.17) is 0 Å². The lowest BCUT2D eigenvalue weighted by atomic mass is 10.1. The Morgan fingerprint density at radius 2 is 2.07 bits per heavy atom. The summed E-state index contributed by atoms with van der Waals surface area (Å²) in [4.78, 5) is 0. The number of rotatable bonds is 6. The summed E-state index contributed by atoms with van der Waals surface area (Å²) in [7, 11) is 2.03. The van der Waals surface area contributed by atoms with Crippen molar-refractivity contribution < 1.29 is 0 Å². The van der Waals surface area contributed by atoms with E-state index in [-0.39, 0.29) is 0 Å². The van der Waals surface area contributed by atoms with Crippen LogP contribution in [0.25, 0.3) is 0 Å². The van der Waals surface area contributed by atoms with Gasteiger partial charge < -0.3 is 9.88 Å². The zero-order valence-corrected chi connectivity index (χ0v) is 10.5. The van der Waals surface area contributed by atoms with Crippen LogP contribution in [-0.2, 0) is 6.54 Å². The third kappa shape index (κ3) is 3.38. The lowest BCUT2D eigenvalue weighted by Crippen LogP contribution is -2.14. The Bertz CT molecular complexity index is 274. The molecule has 1 aromatic rings. The molecule has 1 heterocycles. The van der Waals surface area contributed by atoms with Gasteiger partial charge in [-0.3, -0.25) is 0 Å². The molecule has 0 bridgehead atoms. The van der Waals surface area contributed by atoms with E-state index in [0.29, 0.717) is 6.04 Å². The third-order valence-electron chi connectivity index (χ3n) is 3.15. The molecule has 2 heteroatoms. The van der Waals surface area contributed by atoms with Crippen molar-refractivity contribution in [2.75, 3.05) is 7.05 Å². The van der Waals surface area contributed by atoms with Crippen molar-refractivity contribution >= 4 is 0 Å². The smallest absolute Gasteiger partial charge is 0.0329 e. The first-order valence-corrected chi connectivity index (χ1v) is 6.04. The molecule has 0 saturated heterocycles. The van der Waals surface area contributed by atoms with Crippen LogP contribution in [0.2, 0.25) is 0 Å². The molecular formula is C13H24N2. The molecule has 86 valence electrons. The van der Waals surface area contributed by atoms with Crippen molar-refractivity contribution in [3.63, 3.8) is 0 Å². The van der Waals surface area contributed by atoms with E-state index in [9.17, 15) is 0 Å². The maximum absolute atomic E-state index is 3.34. The second kappa shape index (κ2) is 5.96. The van der Waals surface area contributed by atoms with Gasteiger partial charge in [-0.15, -0.1) is 0 Å². The molecule has 1 rings (SSSR count). The summed E-state index contributed by atoms with van der Waals surface area (Å²) in [5, 5.41) is 3.34. The van der Waals surface area contributed by atoms with Gasteiger partial charge in [0.05, 0.1) is 0 Å². The molecule has 0 amide bonds. The van der Waals surface area contributed by atoms with Crippen molar-refractivity contribution in [2.45, 2.75) is 46.2 Å². The lowest BCUT2D eigenvalue weighted by molar-refractivity contribution is 0.468. The summed E-state index contributed by atoms with van der Waals surface area (Å²) in [6.45, 7) is 7.90. The van der Waals surface area contributed by atoms with Crippen LogP contribution < -0.4 is 5.32 Å². The van der Waals surface area contributed by atoms with Crippen LogP contribution in [0.5, 0.6) is 0 Å². The van der Waals surface area contributed by atoms with Crippen LogP contribution in [0.4, 0.5) is 0 Å². The molecule has 0 aromatic carbocycles. The number of nitrogens with zero attached hydrogens (tertiary/aromatic N) is 1. The van der Waals surface area contributed by atoms with E-state index >= 15 is 0 Å². The lowest BCUT2D eigenvalue weighted by Gasteiger charge is -2.12. The molecule has 1 N–H and O–H groups in total.